The van der Waals surface area contributed by atoms with Gasteiger partial charge in [0.05, 0.1) is 33.1 Å². The molecule has 0 unspecified atom stereocenters. The van der Waals surface area contributed by atoms with Crippen molar-refractivity contribution in [3.8, 4) is 11.8 Å². The predicted octanol–water partition coefficient (Wildman–Crippen LogP) is 4.34. The molecule has 0 bridgehead atoms. The highest BCUT2D eigenvalue weighted by molar-refractivity contribution is 5.80. The van der Waals surface area contributed by atoms with Crippen LogP contribution in [0.1, 0.15) is 17.0 Å². The number of hydrogen-bond acceptors (Lipinski definition) is 5. The van der Waals surface area contributed by atoms with Gasteiger partial charge in [-0.2, -0.15) is 5.26 Å². The molecule has 30 heavy (non-hydrogen) atoms. The Balaban J connectivity index is 1.91. The number of rotatable bonds is 4. The molecule has 0 fully saturated rings. The number of benzene rings is 3. The Morgan fingerprint density at radius 1 is 1.00 bits per heavy atom. The van der Waals surface area contributed by atoms with Gasteiger partial charge in [-0.05, 0) is 42.0 Å². The van der Waals surface area contributed by atoms with E-state index in [-0.39, 0.29) is 11.2 Å². The van der Waals surface area contributed by atoms with Gasteiger partial charge in [0.2, 0.25) is 0 Å². The summed E-state index contributed by atoms with van der Waals surface area (Å²) in [4.78, 5) is 28.5. The van der Waals surface area contributed by atoms with Crippen molar-refractivity contribution in [2.75, 3.05) is 0 Å². The SMILES string of the molecule is N#Cc1ccc(/C=C/c2nc3ccccc3c(=O)n2-c2cccc([N+](=O)[O-])c2)cc1. The molecule has 4 rings (SSSR count). The fourth-order valence-corrected chi connectivity index (χ4v) is 3.10. The van der Waals surface area contributed by atoms with E-state index in [4.69, 9.17) is 5.26 Å². The zero-order valence-corrected chi connectivity index (χ0v) is 15.6. The first-order valence-electron chi connectivity index (χ1n) is 9.02. The maximum atomic E-state index is 13.2. The van der Waals surface area contributed by atoms with Gasteiger partial charge in [0, 0.05) is 12.1 Å². The lowest BCUT2D eigenvalue weighted by atomic mass is 10.1. The van der Waals surface area contributed by atoms with Crippen LogP contribution in [0.4, 0.5) is 5.69 Å². The van der Waals surface area contributed by atoms with Crippen molar-refractivity contribution in [1.29, 1.82) is 5.26 Å². The number of nitrogens with zero attached hydrogens (tertiary/aromatic N) is 4. The molecule has 0 N–H and O–H groups in total. The number of hydrogen-bond donors (Lipinski definition) is 0. The minimum atomic E-state index is -0.505. The van der Waals surface area contributed by atoms with Gasteiger partial charge in [0.15, 0.2) is 0 Å². The summed E-state index contributed by atoms with van der Waals surface area (Å²) in [6.07, 6.45) is 3.44. The Morgan fingerprint density at radius 2 is 1.77 bits per heavy atom. The van der Waals surface area contributed by atoms with Crippen LogP contribution in [0, 0.1) is 21.4 Å². The van der Waals surface area contributed by atoms with Crippen molar-refractivity contribution in [1.82, 2.24) is 9.55 Å². The summed E-state index contributed by atoms with van der Waals surface area (Å²) in [6, 6.07) is 21.9. The van der Waals surface area contributed by atoms with E-state index in [1.807, 2.05) is 0 Å². The van der Waals surface area contributed by atoms with E-state index in [1.54, 1.807) is 66.7 Å². The molecule has 0 atom stereocenters. The second-order valence-electron chi connectivity index (χ2n) is 6.47. The van der Waals surface area contributed by atoms with Crippen molar-refractivity contribution in [2.24, 2.45) is 0 Å². The van der Waals surface area contributed by atoms with E-state index in [9.17, 15) is 14.9 Å². The first-order chi connectivity index (χ1) is 14.6. The minimum Gasteiger partial charge on any atom is -0.268 e. The molecule has 0 amide bonds. The topological polar surface area (TPSA) is 102 Å². The standard InChI is InChI=1S/C23H14N4O3/c24-15-17-10-8-16(9-11-17)12-13-22-25-21-7-2-1-6-20(21)23(28)26(22)18-4-3-5-19(14-18)27(29)30/h1-14H/b13-12+. The van der Waals surface area contributed by atoms with Gasteiger partial charge >= 0.3 is 0 Å². The van der Waals surface area contributed by atoms with Crippen molar-refractivity contribution < 1.29 is 4.92 Å². The Morgan fingerprint density at radius 3 is 2.50 bits per heavy atom. The molecule has 0 saturated carbocycles. The number of aromatic nitrogens is 2. The first-order valence-corrected chi connectivity index (χ1v) is 9.02. The second-order valence-corrected chi connectivity index (χ2v) is 6.47. The van der Waals surface area contributed by atoms with Crippen LogP contribution in [0.25, 0.3) is 28.7 Å². The minimum absolute atomic E-state index is 0.116. The first kappa shape index (κ1) is 18.8. The van der Waals surface area contributed by atoms with Crippen LogP contribution in [0.2, 0.25) is 0 Å². The molecule has 0 aliphatic rings. The smallest absolute Gasteiger partial charge is 0.268 e. The zero-order valence-electron chi connectivity index (χ0n) is 15.6. The molecular formula is C23H14N4O3. The predicted molar refractivity (Wildman–Crippen MR) is 114 cm³/mol. The molecule has 1 heterocycles. The van der Waals surface area contributed by atoms with Gasteiger partial charge in [0.25, 0.3) is 11.2 Å². The monoisotopic (exact) mass is 394 g/mol. The maximum absolute atomic E-state index is 13.2. The number of nitriles is 1. The quantitative estimate of drug-likeness (QED) is 0.378. The molecule has 3 aromatic carbocycles. The molecule has 0 spiro atoms. The van der Waals surface area contributed by atoms with Crippen LogP contribution < -0.4 is 5.56 Å². The third-order valence-electron chi connectivity index (χ3n) is 4.57. The van der Waals surface area contributed by atoms with Crippen molar-refractivity contribution in [2.45, 2.75) is 0 Å². The average Bonchev–Trinajstić information content (AvgIpc) is 2.78. The highest BCUT2D eigenvalue weighted by atomic mass is 16.6. The summed E-state index contributed by atoms with van der Waals surface area (Å²) in [5.41, 5.74) is 1.82. The lowest BCUT2D eigenvalue weighted by Crippen LogP contribution is -2.22. The van der Waals surface area contributed by atoms with Crippen molar-refractivity contribution in [3.05, 3.63) is 110 Å². The molecule has 1 aromatic heterocycles. The lowest BCUT2D eigenvalue weighted by Gasteiger charge is -2.11. The molecule has 0 aliphatic heterocycles. The summed E-state index contributed by atoms with van der Waals surface area (Å²) in [7, 11) is 0. The maximum Gasteiger partial charge on any atom is 0.271 e. The molecule has 144 valence electrons. The number of nitro groups is 1. The summed E-state index contributed by atoms with van der Waals surface area (Å²) in [5, 5.41) is 20.5. The van der Waals surface area contributed by atoms with Crippen molar-refractivity contribution in [3.63, 3.8) is 0 Å². The largest absolute Gasteiger partial charge is 0.271 e. The van der Waals surface area contributed by atoms with E-state index in [0.717, 1.165) is 5.56 Å². The molecule has 7 heteroatoms. The summed E-state index contributed by atoms with van der Waals surface area (Å²) in [5.74, 6) is 0.337. The van der Waals surface area contributed by atoms with Crippen LogP contribution >= 0.6 is 0 Å². The van der Waals surface area contributed by atoms with Gasteiger partial charge in [0.1, 0.15) is 5.82 Å². The van der Waals surface area contributed by atoms with Gasteiger partial charge in [-0.1, -0.05) is 36.4 Å². The third kappa shape index (κ3) is 3.57. The lowest BCUT2D eigenvalue weighted by molar-refractivity contribution is -0.384. The molecule has 4 aromatic rings. The van der Waals surface area contributed by atoms with E-state index < -0.39 is 4.92 Å². The van der Waals surface area contributed by atoms with E-state index in [0.29, 0.717) is 28.0 Å². The molecule has 0 radical (unpaired) electrons. The van der Waals surface area contributed by atoms with Gasteiger partial charge in [-0.3, -0.25) is 19.5 Å². The molecule has 0 aliphatic carbocycles. The van der Waals surface area contributed by atoms with Gasteiger partial charge in [-0.25, -0.2) is 4.98 Å². The van der Waals surface area contributed by atoms with E-state index >= 15 is 0 Å². The second kappa shape index (κ2) is 7.81. The van der Waals surface area contributed by atoms with E-state index in [1.165, 1.54) is 22.8 Å². The van der Waals surface area contributed by atoms with Crippen molar-refractivity contribution >= 4 is 28.7 Å². The summed E-state index contributed by atoms with van der Waals surface area (Å²) >= 11 is 0. The fourth-order valence-electron chi connectivity index (χ4n) is 3.10. The Labute approximate surface area is 170 Å². The zero-order chi connectivity index (χ0) is 21.1. The average molecular weight is 394 g/mol. The van der Waals surface area contributed by atoms with Crippen LogP contribution in [0.3, 0.4) is 0 Å². The number of para-hydroxylation sites is 1. The molecular weight excluding hydrogens is 380 g/mol. The molecule has 7 nitrogen and oxygen atoms in total. The van der Waals surface area contributed by atoms with Gasteiger partial charge in [-0.15, -0.1) is 0 Å². The summed E-state index contributed by atoms with van der Waals surface area (Å²) in [6.45, 7) is 0. The number of nitro benzene ring substituents is 1. The number of fused-ring (bicyclic) bond motifs is 1. The third-order valence-corrected chi connectivity index (χ3v) is 4.57. The Bertz CT molecular complexity index is 1400. The van der Waals surface area contributed by atoms with Crippen LogP contribution in [0.15, 0.2) is 77.6 Å². The van der Waals surface area contributed by atoms with Crippen LogP contribution in [-0.4, -0.2) is 14.5 Å². The molecule has 0 saturated heterocycles. The Kier molecular flexibility index (Phi) is 4.89. The van der Waals surface area contributed by atoms with Crippen LogP contribution in [0.5, 0.6) is 0 Å². The number of non-ortho nitro benzene ring substituents is 1. The highest BCUT2D eigenvalue weighted by Crippen LogP contribution is 2.19. The fraction of sp³-hybridized carbons (Fsp3) is 0. The normalized spacial score (nSPS) is 10.9. The van der Waals surface area contributed by atoms with Gasteiger partial charge < -0.3 is 0 Å². The highest BCUT2D eigenvalue weighted by Gasteiger charge is 2.14. The summed E-state index contributed by atoms with van der Waals surface area (Å²) < 4.78 is 1.36. The van der Waals surface area contributed by atoms with Crippen LogP contribution in [-0.2, 0) is 0 Å². The van der Waals surface area contributed by atoms with E-state index in [2.05, 4.69) is 11.1 Å². The Hall–Kier alpha value is -4.57.